The van der Waals surface area contributed by atoms with Crippen LogP contribution in [0, 0.1) is 0 Å². The molecule has 1 heterocycles. The molecule has 0 aromatic heterocycles. The second-order valence-electron chi connectivity index (χ2n) is 4.85. The van der Waals surface area contributed by atoms with Gasteiger partial charge >= 0.3 is 0 Å². The summed E-state index contributed by atoms with van der Waals surface area (Å²) in [6.45, 7) is 2.53. The van der Waals surface area contributed by atoms with Crippen LogP contribution in [0.5, 0.6) is 5.75 Å². The second-order valence-corrected chi connectivity index (χ2v) is 4.85. The minimum absolute atomic E-state index is 0.0444. The molecule has 5 nitrogen and oxygen atoms in total. The Morgan fingerprint density at radius 3 is 2.53 bits per heavy atom. The molecule has 1 aromatic carbocycles. The van der Waals surface area contributed by atoms with E-state index in [2.05, 4.69) is 0 Å². The minimum atomic E-state index is -0.505. The van der Waals surface area contributed by atoms with Crippen molar-refractivity contribution in [2.45, 2.75) is 19.0 Å². The van der Waals surface area contributed by atoms with Gasteiger partial charge in [-0.15, -0.1) is 0 Å². The number of hydrogen-bond acceptors (Lipinski definition) is 4. The SMILES string of the molecule is COc1ccc(N2CC(C)N(C)C(=O)C2CO)cc1. The van der Waals surface area contributed by atoms with Crippen LogP contribution in [0.4, 0.5) is 5.69 Å². The molecule has 0 bridgehead atoms. The van der Waals surface area contributed by atoms with E-state index in [9.17, 15) is 9.90 Å². The average Bonchev–Trinajstić information content (AvgIpc) is 2.44. The third-order valence-corrected chi connectivity index (χ3v) is 3.71. The molecule has 1 aliphatic rings. The van der Waals surface area contributed by atoms with Crippen LogP contribution < -0.4 is 9.64 Å². The van der Waals surface area contributed by atoms with Crippen LogP contribution in [0.3, 0.4) is 0 Å². The van der Waals surface area contributed by atoms with Crippen molar-refractivity contribution in [2.24, 2.45) is 0 Å². The Bertz CT molecular complexity index is 447. The van der Waals surface area contributed by atoms with Crippen molar-refractivity contribution in [3.8, 4) is 5.75 Å². The monoisotopic (exact) mass is 264 g/mol. The summed E-state index contributed by atoms with van der Waals surface area (Å²) in [6, 6.07) is 7.15. The van der Waals surface area contributed by atoms with Crippen LogP contribution in [-0.4, -0.2) is 55.3 Å². The molecular weight excluding hydrogens is 244 g/mol. The van der Waals surface area contributed by atoms with Crippen molar-refractivity contribution in [2.75, 3.05) is 32.2 Å². The first kappa shape index (κ1) is 13.7. The molecule has 1 amide bonds. The van der Waals surface area contributed by atoms with Crippen molar-refractivity contribution < 1.29 is 14.6 Å². The lowest BCUT2D eigenvalue weighted by Gasteiger charge is -2.43. The van der Waals surface area contributed by atoms with Gasteiger partial charge in [0.25, 0.3) is 0 Å². The van der Waals surface area contributed by atoms with Gasteiger partial charge in [-0.3, -0.25) is 4.79 Å². The zero-order valence-electron chi connectivity index (χ0n) is 11.5. The van der Waals surface area contributed by atoms with Gasteiger partial charge in [0.2, 0.25) is 5.91 Å². The van der Waals surface area contributed by atoms with Gasteiger partial charge in [-0.1, -0.05) is 0 Å². The molecule has 1 fully saturated rings. The molecule has 19 heavy (non-hydrogen) atoms. The first-order chi connectivity index (χ1) is 9.08. The van der Waals surface area contributed by atoms with Gasteiger partial charge in [0.1, 0.15) is 11.8 Å². The number of anilines is 1. The maximum Gasteiger partial charge on any atom is 0.247 e. The van der Waals surface area contributed by atoms with E-state index in [1.165, 1.54) is 0 Å². The number of carbonyl (C=O) groups excluding carboxylic acids is 1. The molecule has 1 saturated heterocycles. The van der Waals surface area contributed by atoms with Gasteiger partial charge in [0.05, 0.1) is 13.7 Å². The van der Waals surface area contributed by atoms with Gasteiger partial charge in [0.15, 0.2) is 0 Å². The molecule has 5 heteroatoms. The minimum Gasteiger partial charge on any atom is -0.497 e. The molecule has 1 N–H and O–H groups in total. The fourth-order valence-electron chi connectivity index (χ4n) is 2.36. The lowest BCUT2D eigenvalue weighted by molar-refractivity contribution is -0.136. The summed E-state index contributed by atoms with van der Waals surface area (Å²) in [4.78, 5) is 15.8. The fourth-order valence-corrected chi connectivity index (χ4v) is 2.36. The standard InChI is InChI=1S/C14H20N2O3/c1-10-8-16(13(9-17)14(18)15(10)2)11-4-6-12(19-3)7-5-11/h4-7,10,13,17H,8-9H2,1-3H3. The lowest BCUT2D eigenvalue weighted by Crippen LogP contribution is -2.61. The number of carbonyl (C=O) groups is 1. The predicted octanol–water partition coefficient (Wildman–Crippen LogP) is 0.723. The molecule has 104 valence electrons. The third kappa shape index (κ3) is 2.51. The number of benzene rings is 1. The number of likely N-dealkylation sites (N-methyl/N-ethyl adjacent to an activating group) is 1. The van der Waals surface area contributed by atoms with Crippen molar-refractivity contribution in [1.82, 2.24) is 4.90 Å². The summed E-state index contributed by atoms with van der Waals surface area (Å²) in [7, 11) is 3.40. The van der Waals surface area contributed by atoms with E-state index >= 15 is 0 Å². The average molecular weight is 264 g/mol. The van der Waals surface area contributed by atoms with E-state index in [4.69, 9.17) is 4.74 Å². The van der Waals surface area contributed by atoms with Gasteiger partial charge in [-0.25, -0.2) is 0 Å². The number of aliphatic hydroxyl groups is 1. The molecule has 1 aromatic rings. The summed E-state index contributed by atoms with van der Waals surface area (Å²) >= 11 is 0. The van der Waals surface area contributed by atoms with E-state index in [1.807, 2.05) is 36.1 Å². The highest BCUT2D eigenvalue weighted by atomic mass is 16.5. The van der Waals surface area contributed by atoms with Gasteiger partial charge in [-0.2, -0.15) is 0 Å². The number of aliphatic hydroxyl groups excluding tert-OH is 1. The Labute approximate surface area is 113 Å². The van der Waals surface area contributed by atoms with E-state index in [0.717, 1.165) is 11.4 Å². The lowest BCUT2D eigenvalue weighted by atomic mass is 10.1. The highest BCUT2D eigenvalue weighted by molar-refractivity contribution is 5.87. The molecule has 2 atom stereocenters. The maximum absolute atomic E-state index is 12.2. The Kier molecular flexibility index (Phi) is 3.95. The number of hydrogen-bond donors (Lipinski definition) is 1. The van der Waals surface area contributed by atoms with E-state index in [-0.39, 0.29) is 18.6 Å². The summed E-state index contributed by atoms with van der Waals surface area (Å²) < 4.78 is 5.13. The first-order valence-electron chi connectivity index (χ1n) is 6.36. The van der Waals surface area contributed by atoms with E-state index in [1.54, 1.807) is 19.1 Å². The highest BCUT2D eigenvalue weighted by Gasteiger charge is 2.36. The van der Waals surface area contributed by atoms with Gasteiger partial charge in [0, 0.05) is 25.3 Å². The van der Waals surface area contributed by atoms with Crippen LogP contribution in [0.1, 0.15) is 6.92 Å². The topological polar surface area (TPSA) is 53.0 Å². The fraction of sp³-hybridized carbons (Fsp3) is 0.500. The molecule has 2 unspecified atom stereocenters. The Hall–Kier alpha value is -1.75. The number of ether oxygens (including phenoxy) is 1. The maximum atomic E-state index is 12.2. The molecule has 1 aliphatic heterocycles. The summed E-state index contributed by atoms with van der Waals surface area (Å²) in [5.41, 5.74) is 0.924. The van der Waals surface area contributed by atoms with Crippen molar-refractivity contribution in [1.29, 1.82) is 0 Å². The number of piperazine rings is 1. The Morgan fingerprint density at radius 2 is 2.00 bits per heavy atom. The van der Waals surface area contributed by atoms with Crippen molar-refractivity contribution in [3.63, 3.8) is 0 Å². The van der Waals surface area contributed by atoms with Crippen LogP contribution in [0.2, 0.25) is 0 Å². The zero-order chi connectivity index (χ0) is 14.0. The Balaban J connectivity index is 2.27. The number of nitrogens with zero attached hydrogens (tertiary/aromatic N) is 2. The van der Waals surface area contributed by atoms with Gasteiger partial charge < -0.3 is 19.6 Å². The Morgan fingerprint density at radius 1 is 1.37 bits per heavy atom. The molecule has 0 aliphatic carbocycles. The van der Waals surface area contributed by atoms with Gasteiger partial charge in [-0.05, 0) is 31.2 Å². The molecule has 0 spiro atoms. The second kappa shape index (κ2) is 5.48. The number of methoxy groups -OCH3 is 1. The molecule has 0 radical (unpaired) electrons. The summed E-state index contributed by atoms with van der Waals surface area (Å²) in [6.07, 6.45) is 0. The highest BCUT2D eigenvalue weighted by Crippen LogP contribution is 2.25. The van der Waals surface area contributed by atoms with Crippen LogP contribution in [0.25, 0.3) is 0 Å². The van der Waals surface area contributed by atoms with Crippen molar-refractivity contribution >= 4 is 11.6 Å². The molecular formula is C14H20N2O3. The summed E-state index contributed by atoms with van der Waals surface area (Å²) in [5, 5.41) is 9.48. The summed E-state index contributed by atoms with van der Waals surface area (Å²) in [5.74, 6) is 0.731. The van der Waals surface area contributed by atoms with E-state index in [0.29, 0.717) is 6.54 Å². The van der Waals surface area contributed by atoms with Crippen LogP contribution >= 0.6 is 0 Å². The quantitative estimate of drug-likeness (QED) is 0.874. The number of rotatable bonds is 3. The first-order valence-corrected chi connectivity index (χ1v) is 6.36. The predicted molar refractivity (Wildman–Crippen MR) is 73.4 cm³/mol. The zero-order valence-corrected chi connectivity index (χ0v) is 11.5. The largest absolute Gasteiger partial charge is 0.497 e. The van der Waals surface area contributed by atoms with Crippen LogP contribution in [0.15, 0.2) is 24.3 Å². The third-order valence-electron chi connectivity index (χ3n) is 3.71. The molecule has 2 rings (SSSR count). The normalized spacial score (nSPS) is 23.7. The molecule has 0 saturated carbocycles. The smallest absolute Gasteiger partial charge is 0.247 e. The van der Waals surface area contributed by atoms with Crippen LogP contribution in [-0.2, 0) is 4.79 Å². The number of amides is 1. The van der Waals surface area contributed by atoms with Crippen molar-refractivity contribution in [3.05, 3.63) is 24.3 Å². The van der Waals surface area contributed by atoms with E-state index < -0.39 is 6.04 Å².